The van der Waals surface area contributed by atoms with E-state index >= 15 is 0 Å². The molecule has 5 aromatic rings. The average molecular weight is 442 g/mol. The van der Waals surface area contributed by atoms with Crippen molar-refractivity contribution in [1.29, 1.82) is 0 Å². The minimum Gasteiger partial charge on any atom is -0.285 e. The van der Waals surface area contributed by atoms with Gasteiger partial charge in [0, 0.05) is 22.3 Å². The molecule has 4 heteroatoms. The van der Waals surface area contributed by atoms with Gasteiger partial charge in [0.1, 0.15) is 0 Å². The Kier molecular flexibility index (Phi) is 5.40. The van der Waals surface area contributed by atoms with Crippen molar-refractivity contribution in [2.45, 2.75) is 0 Å². The lowest BCUT2D eigenvalue weighted by molar-refractivity contribution is 0.0812. The number of hydrogen-bond acceptors (Lipinski definition) is 4. The first-order valence-corrected chi connectivity index (χ1v) is 10.8. The molecule has 0 saturated heterocycles. The van der Waals surface area contributed by atoms with Crippen LogP contribution in [0.25, 0.3) is 21.5 Å². The second-order valence-corrected chi connectivity index (χ2v) is 8.02. The van der Waals surface area contributed by atoms with Crippen LogP contribution in [0.2, 0.25) is 0 Å². The Hall–Kier alpha value is -4.70. The lowest BCUT2D eigenvalue weighted by Crippen LogP contribution is -2.17. The number of fused-ring (bicyclic) bond motifs is 2. The minimum atomic E-state index is -0.733. The molecule has 4 nitrogen and oxygen atoms in total. The molecule has 0 amide bonds. The zero-order valence-corrected chi connectivity index (χ0v) is 18.0. The zero-order valence-electron chi connectivity index (χ0n) is 18.0. The first-order valence-electron chi connectivity index (χ1n) is 10.8. The van der Waals surface area contributed by atoms with Crippen LogP contribution in [0.1, 0.15) is 41.4 Å². The van der Waals surface area contributed by atoms with E-state index in [2.05, 4.69) is 0 Å². The molecule has 0 radical (unpaired) electrons. The Balaban J connectivity index is 1.41. The molecular weight excluding hydrogens is 424 g/mol. The molecule has 0 aliphatic carbocycles. The van der Waals surface area contributed by atoms with Crippen LogP contribution in [-0.2, 0) is 0 Å². The highest BCUT2D eigenvalue weighted by Crippen LogP contribution is 2.20. The molecule has 0 spiro atoms. The highest BCUT2D eigenvalue weighted by molar-refractivity contribution is 6.51. The van der Waals surface area contributed by atoms with Crippen LogP contribution in [0, 0.1) is 0 Å². The predicted molar refractivity (Wildman–Crippen MR) is 132 cm³/mol. The third-order valence-electron chi connectivity index (χ3n) is 5.82. The maximum absolute atomic E-state index is 12.9. The van der Waals surface area contributed by atoms with Crippen LogP contribution < -0.4 is 0 Å². The Bertz CT molecular complexity index is 1510. The maximum Gasteiger partial charge on any atom is 0.233 e. The molecule has 162 valence electrons. The van der Waals surface area contributed by atoms with Gasteiger partial charge in [-0.15, -0.1) is 0 Å². The quantitative estimate of drug-likeness (QED) is 0.235. The molecule has 0 fully saturated rings. The molecule has 5 rings (SSSR count). The van der Waals surface area contributed by atoms with Gasteiger partial charge in [-0.1, -0.05) is 91.0 Å². The van der Waals surface area contributed by atoms with E-state index in [1.807, 2.05) is 48.5 Å². The Morgan fingerprint density at radius 1 is 0.324 bits per heavy atom. The van der Waals surface area contributed by atoms with Gasteiger partial charge in [-0.2, -0.15) is 0 Å². The van der Waals surface area contributed by atoms with E-state index in [0.29, 0.717) is 0 Å². The summed E-state index contributed by atoms with van der Waals surface area (Å²) in [5.74, 6) is -2.81. The fraction of sp³-hybridized carbons (Fsp3) is 0. The standard InChI is InChI=1S/C30H18O4/c31-27(29(33)25-14-12-19-6-1-3-8-21(19)16-25)23-10-5-11-24(18-23)28(32)30(34)26-15-13-20-7-2-4-9-22(20)17-26/h1-18H. The molecule has 0 unspecified atom stereocenters. The van der Waals surface area contributed by atoms with Gasteiger partial charge in [-0.25, -0.2) is 0 Å². The summed E-state index contributed by atoms with van der Waals surface area (Å²) in [5.41, 5.74) is 0.672. The molecule has 34 heavy (non-hydrogen) atoms. The normalized spacial score (nSPS) is 10.8. The second-order valence-electron chi connectivity index (χ2n) is 8.02. The summed E-state index contributed by atoms with van der Waals surface area (Å²) in [5, 5.41) is 3.63. The number of benzene rings is 5. The first-order chi connectivity index (χ1) is 16.5. The van der Waals surface area contributed by atoms with Crippen LogP contribution >= 0.6 is 0 Å². The molecule has 0 aliphatic heterocycles. The van der Waals surface area contributed by atoms with Crippen molar-refractivity contribution in [3.63, 3.8) is 0 Å². The minimum absolute atomic E-state index is 0.0651. The van der Waals surface area contributed by atoms with Crippen LogP contribution in [0.15, 0.2) is 109 Å². The van der Waals surface area contributed by atoms with Crippen molar-refractivity contribution < 1.29 is 19.2 Å². The van der Waals surface area contributed by atoms with Gasteiger partial charge in [0.15, 0.2) is 0 Å². The van der Waals surface area contributed by atoms with Crippen LogP contribution in [-0.4, -0.2) is 23.1 Å². The van der Waals surface area contributed by atoms with E-state index in [0.717, 1.165) is 21.5 Å². The third-order valence-corrected chi connectivity index (χ3v) is 5.82. The smallest absolute Gasteiger partial charge is 0.233 e. The van der Waals surface area contributed by atoms with Gasteiger partial charge < -0.3 is 0 Å². The van der Waals surface area contributed by atoms with Crippen molar-refractivity contribution in [1.82, 2.24) is 0 Å². The van der Waals surface area contributed by atoms with E-state index in [4.69, 9.17) is 0 Å². The monoisotopic (exact) mass is 442 g/mol. The maximum atomic E-state index is 12.9. The Labute approximate surface area is 195 Å². The Morgan fingerprint density at radius 3 is 1.09 bits per heavy atom. The van der Waals surface area contributed by atoms with E-state index < -0.39 is 23.1 Å². The summed E-state index contributed by atoms with van der Waals surface area (Å²) >= 11 is 0. The van der Waals surface area contributed by atoms with Gasteiger partial charge in [-0.05, 0) is 39.7 Å². The SMILES string of the molecule is O=C(C(=O)c1ccc2ccccc2c1)c1cccc(C(=O)C(=O)c2ccc3ccccc3c2)c1. The second kappa shape index (κ2) is 8.68. The van der Waals surface area contributed by atoms with E-state index in [1.165, 1.54) is 24.3 Å². The molecule has 5 aromatic carbocycles. The third kappa shape index (κ3) is 3.93. The van der Waals surface area contributed by atoms with Crippen LogP contribution in [0.3, 0.4) is 0 Å². The summed E-state index contributed by atoms with van der Waals surface area (Å²) in [6.07, 6.45) is 0. The highest BCUT2D eigenvalue weighted by atomic mass is 16.2. The molecule has 0 saturated carbocycles. The number of ketones is 4. The highest BCUT2D eigenvalue weighted by Gasteiger charge is 2.23. The van der Waals surface area contributed by atoms with Crippen LogP contribution in [0.4, 0.5) is 0 Å². The van der Waals surface area contributed by atoms with Crippen molar-refractivity contribution in [2.75, 3.05) is 0 Å². The first kappa shape index (κ1) is 21.2. The van der Waals surface area contributed by atoms with Gasteiger partial charge in [0.25, 0.3) is 0 Å². The molecule has 0 atom stereocenters. The van der Waals surface area contributed by atoms with Gasteiger partial charge in [0.2, 0.25) is 23.1 Å². The number of carbonyl (C=O) groups is 4. The molecule has 0 N–H and O–H groups in total. The summed E-state index contributed by atoms with van der Waals surface area (Å²) in [6, 6.07) is 31.0. The molecule has 0 aromatic heterocycles. The number of hydrogen-bond donors (Lipinski definition) is 0. The van der Waals surface area contributed by atoms with Crippen molar-refractivity contribution in [2.24, 2.45) is 0 Å². The summed E-state index contributed by atoms with van der Waals surface area (Å²) in [6.45, 7) is 0. The van der Waals surface area contributed by atoms with E-state index in [9.17, 15) is 19.2 Å². The van der Waals surface area contributed by atoms with Crippen molar-refractivity contribution >= 4 is 44.7 Å². The zero-order chi connectivity index (χ0) is 23.7. The fourth-order valence-corrected chi connectivity index (χ4v) is 3.99. The summed E-state index contributed by atoms with van der Waals surface area (Å²) < 4.78 is 0. The van der Waals surface area contributed by atoms with Gasteiger partial charge >= 0.3 is 0 Å². The van der Waals surface area contributed by atoms with E-state index in [1.54, 1.807) is 36.4 Å². The molecular formula is C30H18O4. The summed E-state index contributed by atoms with van der Waals surface area (Å²) in [4.78, 5) is 51.5. The molecule has 0 aliphatic rings. The van der Waals surface area contributed by atoms with Crippen molar-refractivity contribution in [3.8, 4) is 0 Å². The van der Waals surface area contributed by atoms with Gasteiger partial charge in [0.05, 0.1) is 0 Å². The van der Waals surface area contributed by atoms with Crippen LogP contribution in [0.5, 0.6) is 0 Å². The molecule has 0 heterocycles. The average Bonchev–Trinajstić information content (AvgIpc) is 2.90. The summed E-state index contributed by atoms with van der Waals surface area (Å²) in [7, 11) is 0. The predicted octanol–water partition coefficient (Wildman–Crippen LogP) is 6.12. The number of carbonyl (C=O) groups excluding carboxylic acids is 4. The molecule has 0 bridgehead atoms. The largest absolute Gasteiger partial charge is 0.285 e. The number of Topliss-reactive ketones (excluding diaryl/α,β-unsaturated/α-hetero) is 4. The van der Waals surface area contributed by atoms with Crippen molar-refractivity contribution in [3.05, 3.63) is 131 Å². The lowest BCUT2D eigenvalue weighted by Gasteiger charge is -2.06. The number of rotatable bonds is 6. The van der Waals surface area contributed by atoms with E-state index in [-0.39, 0.29) is 22.3 Å². The lowest BCUT2D eigenvalue weighted by atomic mass is 9.95. The van der Waals surface area contributed by atoms with Gasteiger partial charge in [-0.3, -0.25) is 19.2 Å². The fourth-order valence-electron chi connectivity index (χ4n) is 3.99. The topological polar surface area (TPSA) is 68.3 Å². The Morgan fingerprint density at radius 2 is 0.676 bits per heavy atom.